The fraction of sp³-hybridized carbons (Fsp3) is 0.562. The maximum absolute atomic E-state index is 12.2. The van der Waals surface area contributed by atoms with Gasteiger partial charge >= 0.3 is 0 Å². The number of piperidine rings is 1. The van der Waals surface area contributed by atoms with Crippen molar-refractivity contribution in [1.82, 2.24) is 4.90 Å². The van der Waals surface area contributed by atoms with Gasteiger partial charge in [-0.05, 0) is 49.9 Å². The van der Waals surface area contributed by atoms with Crippen LogP contribution in [0.2, 0.25) is 0 Å². The van der Waals surface area contributed by atoms with Crippen LogP contribution in [0.1, 0.15) is 26.2 Å². The van der Waals surface area contributed by atoms with Gasteiger partial charge in [0.1, 0.15) is 0 Å². The third-order valence-corrected chi connectivity index (χ3v) is 5.58. The summed E-state index contributed by atoms with van der Waals surface area (Å²) >= 11 is 5.16. The molecule has 116 valence electrons. The van der Waals surface area contributed by atoms with Gasteiger partial charge < -0.3 is 10.6 Å². The minimum atomic E-state index is 0.246. The Morgan fingerprint density at radius 1 is 1.38 bits per heavy atom. The number of amides is 1. The molecule has 1 amide bonds. The maximum atomic E-state index is 12.2. The quantitative estimate of drug-likeness (QED) is 0.806. The van der Waals surface area contributed by atoms with Crippen LogP contribution in [-0.2, 0) is 4.79 Å². The van der Waals surface area contributed by atoms with Gasteiger partial charge in [-0.1, -0.05) is 15.9 Å². The average molecular weight is 371 g/mol. The molecule has 2 rings (SSSR count). The zero-order valence-corrected chi connectivity index (χ0v) is 14.8. The van der Waals surface area contributed by atoms with E-state index in [-0.39, 0.29) is 11.9 Å². The Bertz CT molecular complexity index is 456. The van der Waals surface area contributed by atoms with Crippen molar-refractivity contribution in [2.24, 2.45) is 11.7 Å². The van der Waals surface area contributed by atoms with Crippen LogP contribution in [-0.4, -0.2) is 35.7 Å². The van der Waals surface area contributed by atoms with Gasteiger partial charge in [0.15, 0.2) is 0 Å². The van der Waals surface area contributed by atoms with Crippen LogP contribution >= 0.6 is 27.7 Å². The summed E-state index contributed by atoms with van der Waals surface area (Å²) in [6, 6.07) is 8.46. The van der Waals surface area contributed by atoms with Crippen molar-refractivity contribution in [3.63, 3.8) is 0 Å². The molecule has 0 spiro atoms. The van der Waals surface area contributed by atoms with Crippen molar-refractivity contribution in [2.75, 3.05) is 18.8 Å². The van der Waals surface area contributed by atoms with Gasteiger partial charge in [-0.25, -0.2) is 0 Å². The minimum Gasteiger partial charge on any atom is -0.343 e. The topological polar surface area (TPSA) is 46.3 Å². The lowest BCUT2D eigenvalue weighted by Crippen LogP contribution is -2.42. The van der Waals surface area contributed by atoms with Crippen LogP contribution in [0.25, 0.3) is 0 Å². The third kappa shape index (κ3) is 5.31. The molecule has 0 radical (unpaired) electrons. The second-order valence-corrected chi connectivity index (χ2v) is 7.71. The lowest BCUT2D eigenvalue weighted by Gasteiger charge is -2.33. The highest BCUT2D eigenvalue weighted by atomic mass is 79.9. The van der Waals surface area contributed by atoms with E-state index in [4.69, 9.17) is 5.73 Å². The Kier molecular flexibility index (Phi) is 6.58. The first-order valence-corrected chi connectivity index (χ1v) is 9.26. The van der Waals surface area contributed by atoms with Crippen LogP contribution in [0, 0.1) is 5.92 Å². The van der Waals surface area contributed by atoms with Crippen molar-refractivity contribution in [1.29, 1.82) is 0 Å². The van der Waals surface area contributed by atoms with Crippen LogP contribution in [0.4, 0.5) is 0 Å². The van der Waals surface area contributed by atoms with Crippen LogP contribution in [0.3, 0.4) is 0 Å². The number of carbonyl (C=O) groups is 1. The monoisotopic (exact) mass is 370 g/mol. The molecule has 1 aromatic carbocycles. The summed E-state index contributed by atoms with van der Waals surface area (Å²) in [7, 11) is 0. The van der Waals surface area contributed by atoms with E-state index in [1.54, 1.807) is 11.8 Å². The zero-order valence-electron chi connectivity index (χ0n) is 12.4. The van der Waals surface area contributed by atoms with E-state index in [9.17, 15) is 4.79 Å². The molecular formula is C16H23BrN2OS. The minimum absolute atomic E-state index is 0.246. The van der Waals surface area contributed by atoms with E-state index in [1.165, 1.54) is 4.90 Å². The summed E-state index contributed by atoms with van der Waals surface area (Å²) in [5.74, 6) is 1.70. The molecule has 0 saturated carbocycles. The van der Waals surface area contributed by atoms with Gasteiger partial charge in [0, 0.05) is 40.7 Å². The van der Waals surface area contributed by atoms with E-state index in [2.05, 4.69) is 35.0 Å². The van der Waals surface area contributed by atoms with Crippen LogP contribution in [0.15, 0.2) is 33.6 Å². The number of halogens is 1. The SMILES string of the molecule is CC(N)C1CCN(C(=O)CCSc2ccc(Br)cc2)CC1. The van der Waals surface area contributed by atoms with E-state index >= 15 is 0 Å². The number of carbonyl (C=O) groups excluding carboxylic acids is 1. The molecule has 1 aliphatic heterocycles. The standard InChI is InChI=1S/C16H23BrN2OS/c1-12(18)13-6-9-19(10-7-13)16(20)8-11-21-15-4-2-14(17)3-5-15/h2-5,12-13H,6-11,18H2,1H3. The molecule has 3 nitrogen and oxygen atoms in total. The van der Waals surface area contributed by atoms with Crippen molar-refractivity contribution >= 4 is 33.6 Å². The highest BCUT2D eigenvalue weighted by Gasteiger charge is 2.24. The van der Waals surface area contributed by atoms with Gasteiger partial charge in [-0.2, -0.15) is 0 Å². The van der Waals surface area contributed by atoms with Crippen LogP contribution in [0.5, 0.6) is 0 Å². The first kappa shape index (κ1) is 16.8. The van der Waals surface area contributed by atoms with Crippen molar-refractivity contribution < 1.29 is 4.79 Å². The van der Waals surface area contributed by atoms with Gasteiger partial charge in [-0.3, -0.25) is 4.79 Å². The molecule has 0 aromatic heterocycles. The normalized spacial score (nSPS) is 17.8. The highest BCUT2D eigenvalue weighted by Crippen LogP contribution is 2.23. The molecule has 1 aliphatic rings. The fourth-order valence-electron chi connectivity index (χ4n) is 2.62. The van der Waals surface area contributed by atoms with E-state index in [1.807, 2.05) is 17.0 Å². The summed E-state index contributed by atoms with van der Waals surface area (Å²) in [5.41, 5.74) is 5.93. The molecule has 5 heteroatoms. The molecule has 1 aromatic rings. The average Bonchev–Trinajstić information content (AvgIpc) is 2.49. The lowest BCUT2D eigenvalue weighted by atomic mass is 9.91. The molecule has 1 fully saturated rings. The Morgan fingerprint density at radius 2 is 2.00 bits per heavy atom. The van der Waals surface area contributed by atoms with Crippen molar-refractivity contribution in [3.05, 3.63) is 28.7 Å². The molecule has 21 heavy (non-hydrogen) atoms. The van der Waals surface area contributed by atoms with E-state index < -0.39 is 0 Å². The number of hydrogen-bond acceptors (Lipinski definition) is 3. The fourth-order valence-corrected chi connectivity index (χ4v) is 3.73. The molecule has 1 atom stereocenters. The van der Waals surface area contributed by atoms with E-state index in [0.29, 0.717) is 12.3 Å². The molecule has 0 bridgehead atoms. The van der Waals surface area contributed by atoms with Gasteiger partial charge in [0.05, 0.1) is 0 Å². The summed E-state index contributed by atoms with van der Waals surface area (Å²) in [4.78, 5) is 15.4. The molecule has 1 heterocycles. The van der Waals surface area contributed by atoms with Crippen molar-refractivity contribution in [3.8, 4) is 0 Å². The van der Waals surface area contributed by atoms with Crippen molar-refractivity contribution in [2.45, 2.75) is 37.1 Å². The summed E-state index contributed by atoms with van der Waals surface area (Å²) in [6.07, 6.45) is 2.70. The smallest absolute Gasteiger partial charge is 0.223 e. The zero-order chi connectivity index (χ0) is 15.2. The van der Waals surface area contributed by atoms with Crippen LogP contribution < -0.4 is 5.73 Å². The van der Waals surface area contributed by atoms with Gasteiger partial charge in [0.2, 0.25) is 5.91 Å². The first-order valence-electron chi connectivity index (χ1n) is 7.48. The Balaban J connectivity index is 1.69. The van der Waals surface area contributed by atoms with Gasteiger partial charge in [-0.15, -0.1) is 11.8 Å². The van der Waals surface area contributed by atoms with Gasteiger partial charge in [0.25, 0.3) is 0 Å². The summed E-state index contributed by atoms with van der Waals surface area (Å²) < 4.78 is 1.08. The Labute approximate surface area is 139 Å². The number of hydrogen-bond donors (Lipinski definition) is 1. The summed E-state index contributed by atoms with van der Waals surface area (Å²) in [6.45, 7) is 3.80. The number of benzene rings is 1. The predicted molar refractivity (Wildman–Crippen MR) is 92.4 cm³/mol. The van der Waals surface area contributed by atoms with E-state index in [0.717, 1.165) is 36.2 Å². The number of nitrogens with two attached hydrogens (primary N) is 1. The largest absolute Gasteiger partial charge is 0.343 e. The number of likely N-dealkylation sites (tertiary alicyclic amines) is 1. The first-order chi connectivity index (χ1) is 10.1. The Morgan fingerprint density at radius 3 is 2.57 bits per heavy atom. The molecular weight excluding hydrogens is 348 g/mol. The number of rotatable bonds is 5. The maximum Gasteiger partial charge on any atom is 0.223 e. The molecule has 0 aliphatic carbocycles. The number of thioether (sulfide) groups is 1. The number of nitrogens with zero attached hydrogens (tertiary/aromatic N) is 1. The molecule has 2 N–H and O–H groups in total. The summed E-state index contributed by atoms with van der Waals surface area (Å²) in [5, 5.41) is 0. The molecule has 1 saturated heterocycles. The predicted octanol–water partition coefficient (Wildman–Crippen LogP) is 3.52. The second-order valence-electron chi connectivity index (χ2n) is 5.63. The highest BCUT2D eigenvalue weighted by molar-refractivity contribution is 9.10. The third-order valence-electron chi connectivity index (χ3n) is 4.03. The Hall–Kier alpha value is -0.520. The lowest BCUT2D eigenvalue weighted by molar-refractivity contribution is -0.132. The second kappa shape index (κ2) is 8.20. The molecule has 1 unspecified atom stereocenters.